The van der Waals surface area contributed by atoms with E-state index in [1.54, 1.807) is 0 Å². The Bertz CT molecular complexity index is 199. The van der Waals surface area contributed by atoms with Gasteiger partial charge in [0, 0.05) is 32.2 Å². The molecule has 2 unspecified atom stereocenters. The minimum absolute atomic E-state index is 0.755. The van der Waals surface area contributed by atoms with Crippen LogP contribution in [0.4, 0.5) is 0 Å². The average molecular weight is 225 g/mol. The van der Waals surface area contributed by atoms with Gasteiger partial charge in [0.2, 0.25) is 0 Å². The van der Waals surface area contributed by atoms with Crippen LogP contribution in [0.15, 0.2) is 0 Å². The van der Waals surface area contributed by atoms with E-state index >= 15 is 0 Å². The smallest absolute Gasteiger partial charge is 0.0137 e. The molecule has 2 N–H and O–H groups in total. The van der Waals surface area contributed by atoms with E-state index in [2.05, 4.69) is 16.8 Å². The minimum Gasteiger partial charge on any atom is -0.330 e. The fourth-order valence-electron chi connectivity index (χ4n) is 3.27. The van der Waals surface area contributed by atoms with Crippen molar-refractivity contribution in [1.29, 1.82) is 0 Å². The minimum atomic E-state index is 0.755. The van der Waals surface area contributed by atoms with Crippen LogP contribution in [-0.2, 0) is 0 Å². The van der Waals surface area contributed by atoms with Gasteiger partial charge < -0.3 is 10.6 Å². The van der Waals surface area contributed by atoms with E-state index in [9.17, 15) is 0 Å². The van der Waals surface area contributed by atoms with Crippen molar-refractivity contribution in [3.63, 3.8) is 0 Å². The fraction of sp³-hybridized carbons (Fsp3) is 1.00. The van der Waals surface area contributed by atoms with Crippen LogP contribution in [0.2, 0.25) is 0 Å². The first-order valence-corrected chi connectivity index (χ1v) is 6.94. The van der Waals surface area contributed by atoms with Gasteiger partial charge in [-0.3, -0.25) is 4.90 Å². The predicted octanol–water partition coefficient (Wildman–Crippen LogP) is 1.14. The summed E-state index contributed by atoms with van der Waals surface area (Å²) in [6.45, 7) is 5.84. The zero-order chi connectivity index (χ0) is 11.4. The summed E-state index contributed by atoms with van der Waals surface area (Å²) in [5.41, 5.74) is 5.96. The lowest BCUT2D eigenvalue weighted by Crippen LogP contribution is -2.52. The Morgan fingerprint density at radius 3 is 2.38 bits per heavy atom. The molecule has 0 amide bonds. The first-order chi connectivity index (χ1) is 7.81. The Balaban J connectivity index is 1.93. The van der Waals surface area contributed by atoms with Gasteiger partial charge >= 0.3 is 0 Å². The zero-order valence-corrected chi connectivity index (χ0v) is 10.7. The van der Waals surface area contributed by atoms with Crippen molar-refractivity contribution < 1.29 is 0 Å². The predicted molar refractivity (Wildman–Crippen MR) is 68.5 cm³/mol. The summed E-state index contributed by atoms with van der Waals surface area (Å²) in [6.07, 6.45) is 6.96. The molecule has 1 saturated heterocycles. The monoisotopic (exact) mass is 225 g/mol. The Labute approximate surface area is 100.0 Å². The van der Waals surface area contributed by atoms with E-state index in [0.29, 0.717) is 0 Å². The molecule has 2 rings (SSSR count). The first kappa shape index (κ1) is 12.3. The summed E-state index contributed by atoms with van der Waals surface area (Å²) in [5, 5.41) is 0. The lowest BCUT2D eigenvalue weighted by Gasteiger charge is -2.40. The SMILES string of the molecule is CN1CCN(C2CCCCCC2CN)CC1. The van der Waals surface area contributed by atoms with Crippen molar-refractivity contribution in [2.24, 2.45) is 11.7 Å². The number of piperazine rings is 1. The van der Waals surface area contributed by atoms with Crippen LogP contribution in [-0.4, -0.2) is 55.6 Å². The van der Waals surface area contributed by atoms with Crippen molar-refractivity contribution in [3.05, 3.63) is 0 Å². The molecule has 1 aliphatic carbocycles. The molecule has 1 aliphatic heterocycles. The zero-order valence-electron chi connectivity index (χ0n) is 10.7. The first-order valence-electron chi connectivity index (χ1n) is 6.94. The second kappa shape index (κ2) is 5.99. The molecule has 0 spiro atoms. The highest BCUT2D eigenvalue weighted by Gasteiger charge is 2.29. The van der Waals surface area contributed by atoms with E-state index in [4.69, 9.17) is 5.73 Å². The topological polar surface area (TPSA) is 32.5 Å². The molecule has 16 heavy (non-hydrogen) atoms. The fourth-order valence-corrected chi connectivity index (χ4v) is 3.27. The molecule has 2 fully saturated rings. The molecule has 2 atom stereocenters. The van der Waals surface area contributed by atoms with Crippen LogP contribution in [0.1, 0.15) is 32.1 Å². The van der Waals surface area contributed by atoms with Gasteiger partial charge in [-0.25, -0.2) is 0 Å². The largest absolute Gasteiger partial charge is 0.330 e. The van der Waals surface area contributed by atoms with Crippen LogP contribution in [0.25, 0.3) is 0 Å². The maximum absolute atomic E-state index is 5.96. The number of nitrogens with two attached hydrogens (primary N) is 1. The second-order valence-corrected chi connectivity index (χ2v) is 5.54. The van der Waals surface area contributed by atoms with Crippen molar-refractivity contribution in [2.75, 3.05) is 39.8 Å². The summed E-state index contributed by atoms with van der Waals surface area (Å²) in [4.78, 5) is 5.15. The lowest BCUT2D eigenvalue weighted by atomic mass is 9.93. The van der Waals surface area contributed by atoms with Crippen molar-refractivity contribution in [1.82, 2.24) is 9.80 Å². The highest BCUT2D eigenvalue weighted by atomic mass is 15.3. The Hall–Kier alpha value is -0.120. The molecular weight excluding hydrogens is 198 g/mol. The van der Waals surface area contributed by atoms with Crippen LogP contribution >= 0.6 is 0 Å². The van der Waals surface area contributed by atoms with Gasteiger partial charge in [-0.05, 0) is 32.4 Å². The lowest BCUT2D eigenvalue weighted by molar-refractivity contribution is 0.0778. The van der Waals surface area contributed by atoms with E-state index in [1.807, 2.05) is 0 Å². The highest BCUT2D eigenvalue weighted by Crippen LogP contribution is 2.27. The van der Waals surface area contributed by atoms with Gasteiger partial charge in [0.15, 0.2) is 0 Å². The molecule has 1 heterocycles. The summed E-state index contributed by atoms with van der Waals surface area (Å²) < 4.78 is 0. The third kappa shape index (κ3) is 2.96. The van der Waals surface area contributed by atoms with Gasteiger partial charge in [-0.1, -0.05) is 19.3 Å². The summed E-state index contributed by atoms with van der Waals surface area (Å²) in [6, 6.07) is 0.779. The molecule has 0 bridgehead atoms. The molecule has 2 aliphatic rings. The van der Waals surface area contributed by atoms with Crippen LogP contribution in [0, 0.1) is 5.92 Å². The van der Waals surface area contributed by atoms with E-state index < -0.39 is 0 Å². The van der Waals surface area contributed by atoms with Crippen LogP contribution in [0.5, 0.6) is 0 Å². The van der Waals surface area contributed by atoms with Crippen LogP contribution < -0.4 is 5.73 Å². The molecule has 94 valence electrons. The highest BCUT2D eigenvalue weighted by molar-refractivity contribution is 4.85. The standard InChI is InChI=1S/C13H27N3/c1-15-7-9-16(10-8-15)13-6-4-2-3-5-12(13)11-14/h12-13H,2-11,14H2,1H3. The normalized spacial score (nSPS) is 34.9. The van der Waals surface area contributed by atoms with Gasteiger partial charge in [0.05, 0.1) is 0 Å². The molecular formula is C13H27N3. The maximum Gasteiger partial charge on any atom is 0.0137 e. The molecule has 0 aromatic rings. The third-order valence-corrected chi connectivity index (χ3v) is 4.43. The molecule has 0 aromatic heterocycles. The maximum atomic E-state index is 5.96. The van der Waals surface area contributed by atoms with E-state index in [-0.39, 0.29) is 0 Å². The van der Waals surface area contributed by atoms with E-state index in [1.165, 1.54) is 58.3 Å². The van der Waals surface area contributed by atoms with Gasteiger partial charge in [-0.2, -0.15) is 0 Å². The Kier molecular flexibility index (Phi) is 4.62. The number of nitrogens with zero attached hydrogens (tertiary/aromatic N) is 2. The Morgan fingerprint density at radius 2 is 1.69 bits per heavy atom. The number of rotatable bonds is 2. The summed E-state index contributed by atoms with van der Waals surface area (Å²) in [7, 11) is 2.23. The average Bonchev–Trinajstić information content (AvgIpc) is 2.55. The third-order valence-electron chi connectivity index (χ3n) is 4.43. The van der Waals surface area contributed by atoms with Gasteiger partial charge in [-0.15, -0.1) is 0 Å². The van der Waals surface area contributed by atoms with Crippen molar-refractivity contribution >= 4 is 0 Å². The van der Waals surface area contributed by atoms with Crippen LogP contribution in [0.3, 0.4) is 0 Å². The summed E-state index contributed by atoms with van der Waals surface area (Å²) >= 11 is 0. The number of hydrogen-bond acceptors (Lipinski definition) is 3. The molecule has 1 saturated carbocycles. The van der Waals surface area contributed by atoms with Crippen molar-refractivity contribution in [2.45, 2.75) is 38.1 Å². The van der Waals surface area contributed by atoms with E-state index in [0.717, 1.165) is 18.5 Å². The number of likely N-dealkylation sites (N-methyl/N-ethyl adjacent to an activating group) is 1. The summed E-state index contributed by atoms with van der Waals surface area (Å²) in [5.74, 6) is 0.755. The molecule has 0 aromatic carbocycles. The molecule has 0 radical (unpaired) electrons. The second-order valence-electron chi connectivity index (χ2n) is 5.54. The Morgan fingerprint density at radius 1 is 1.00 bits per heavy atom. The number of hydrogen-bond donors (Lipinski definition) is 1. The van der Waals surface area contributed by atoms with Gasteiger partial charge in [0.1, 0.15) is 0 Å². The van der Waals surface area contributed by atoms with Crippen molar-refractivity contribution in [3.8, 4) is 0 Å². The quantitative estimate of drug-likeness (QED) is 0.715. The van der Waals surface area contributed by atoms with Gasteiger partial charge in [0.25, 0.3) is 0 Å². The molecule has 3 nitrogen and oxygen atoms in total. The molecule has 3 heteroatoms.